The molecule has 134 valence electrons. The molecule has 0 radical (unpaired) electrons. The average Bonchev–Trinajstić information content (AvgIpc) is 3.10. The molecule has 0 spiro atoms. The van der Waals surface area contributed by atoms with Gasteiger partial charge in [0.2, 0.25) is 11.7 Å². The summed E-state index contributed by atoms with van der Waals surface area (Å²) in [6, 6.07) is 9.29. The Labute approximate surface area is 149 Å². The number of benzene rings is 1. The van der Waals surface area contributed by atoms with Crippen LogP contribution in [0.15, 0.2) is 48.8 Å². The quantitative estimate of drug-likeness (QED) is 0.689. The number of nitrogens with zero attached hydrogens (tertiary/aromatic N) is 5. The Morgan fingerprint density at radius 1 is 1.31 bits per heavy atom. The van der Waals surface area contributed by atoms with Crippen molar-refractivity contribution in [3.63, 3.8) is 0 Å². The normalized spacial score (nSPS) is 11.8. The fourth-order valence-corrected chi connectivity index (χ4v) is 2.16. The summed E-state index contributed by atoms with van der Waals surface area (Å²) in [6.07, 6.45) is 3.04. The van der Waals surface area contributed by atoms with Crippen LogP contribution in [0.1, 0.15) is 6.92 Å². The highest BCUT2D eigenvalue weighted by molar-refractivity contribution is 5.75. The van der Waals surface area contributed by atoms with Crippen molar-refractivity contribution in [3.8, 4) is 17.1 Å². The molecular weight excluding hydrogens is 339 g/mol. The highest BCUT2D eigenvalue weighted by Crippen LogP contribution is 2.13. The highest BCUT2D eigenvalue weighted by atomic mass is 19.1. The number of hydrogen-bond acceptors (Lipinski definition) is 6. The van der Waals surface area contributed by atoms with Crippen molar-refractivity contribution >= 4 is 5.91 Å². The Kier molecular flexibility index (Phi) is 5.47. The molecule has 8 nitrogen and oxygen atoms in total. The van der Waals surface area contributed by atoms with Gasteiger partial charge in [-0.25, -0.2) is 4.39 Å². The molecule has 26 heavy (non-hydrogen) atoms. The summed E-state index contributed by atoms with van der Waals surface area (Å²) >= 11 is 0. The van der Waals surface area contributed by atoms with Crippen molar-refractivity contribution < 1.29 is 13.9 Å². The molecule has 3 rings (SSSR count). The van der Waals surface area contributed by atoms with Crippen molar-refractivity contribution in [1.29, 1.82) is 0 Å². The number of ether oxygens (including phenoxy) is 1. The third kappa shape index (κ3) is 4.82. The maximum absolute atomic E-state index is 12.9. The van der Waals surface area contributed by atoms with Crippen molar-refractivity contribution in [1.82, 2.24) is 30.5 Å². The van der Waals surface area contributed by atoms with Crippen LogP contribution < -0.4 is 10.1 Å². The molecule has 2 aromatic heterocycles. The number of aromatic nitrogens is 5. The fraction of sp³-hybridized carbons (Fsp3) is 0.235. The summed E-state index contributed by atoms with van der Waals surface area (Å²) in [7, 11) is 0. The van der Waals surface area contributed by atoms with Crippen LogP contribution in [0.3, 0.4) is 0 Å². The Balaban J connectivity index is 1.48. The first-order valence-corrected chi connectivity index (χ1v) is 7.97. The molecule has 0 fully saturated rings. The van der Waals surface area contributed by atoms with E-state index in [2.05, 4.69) is 25.7 Å². The van der Waals surface area contributed by atoms with Crippen molar-refractivity contribution in [3.05, 3.63) is 54.6 Å². The first kappa shape index (κ1) is 17.5. The minimum Gasteiger partial charge on any atom is -0.487 e. The van der Waals surface area contributed by atoms with Crippen LogP contribution in [0.4, 0.5) is 4.39 Å². The van der Waals surface area contributed by atoms with E-state index < -0.39 is 0 Å². The summed E-state index contributed by atoms with van der Waals surface area (Å²) in [5.74, 6) is 0.347. The molecule has 9 heteroatoms. The van der Waals surface area contributed by atoms with E-state index in [4.69, 9.17) is 4.74 Å². The van der Waals surface area contributed by atoms with E-state index in [0.29, 0.717) is 23.7 Å². The summed E-state index contributed by atoms with van der Waals surface area (Å²) in [5, 5.41) is 14.6. The molecule has 0 saturated heterocycles. The lowest BCUT2D eigenvalue weighted by Crippen LogP contribution is -2.36. The molecule has 1 N–H and O–H groups in total. The molecule has 1 amide bonds. The lowest BCUT2D eigenvalue weighted by atomic mass is 10.2. The van der Waals surface area contributed by atoms with Gasteiger partial charge in [0.05, 0.1) is 12.7 Å². The van der Waals surface area contributed by atoms with Crippen LogP contribution in [0.5, 0.6) is 5.75 Å². The first-order valence-electron chi connectivity index (χ1n) is 7.97. The van der Waals surface area contributed by atoms with E-state index in [1.807, 2.05) is 6.92 Å². The predicted molar refractivity (Wildman–Crippen MR) is 90.5 cm³/mol. The maximum Gasteiger partial charge on any atom is 0.243 e. The largest absolute Gasteiger partial charge is 0.487 e. The maximum atomic E-state index is 12.9. The highest BCUT2D eigenvalue weighted by Gasteiger charge is 2.11. The predicted octanol–water partition coefficient (Wildman–Crippen LogP) is 1.46. The van der Waals surface area contributed by atoms with Gasteiger partial charge < -0.3 is 10.1 Å². The number of hydrogen-bond donors (Lipinski definition) is 1. The zero-order valence-electron chi connectivity index (χ0n) is 14.0. The second-order valence-electron chi connectivity index (χ2n) is 5.57. The lowest BCUT2D eigenvalue weighted by Gasteiger charge is -2.14. The van der Waals surface area contributed by atoms with Gasteiger partial charge in [-0.3, -0.25) is 9.78 Å². The van der Waals surface area contributed by atoms with Crippen LogP contribution >= 0.6 is 0 Å². The fourth-order valence-electron chi connectivity index (χ4n) is 2.16. The van der Waals surface area contributed by atoms with Crippen LogP contribution in [-0.2, 0) is 11.3 Å². The zero-order chi connectivity index (χ0) is 18.4. The number of pyridine rings is 1. The number of carbonyl (C=O) groups excluding carboxylic acids is 1. The van der Waals surface area contributed by atoms with E-state index in [1.54, 1.807) is 36.7 Å². The standard InChI is InChI=1S/C17H17FN6O2/c1-12(26-15-3-2-8-19-10-15)9-20-16(25)11-24-22-17(21-23-24)13-4-6-14(18)7-5-13/h2-8,10,12H,9,11H2,1H3,(H,20,25). The third-order valence-electron chi connectivity index (χ3n) is 3.40. The minimum absolute atomic E-state index is 0.0756. The van der Waals surface area contributed by atoms with Crippen molar-refractivity contribution in [2.45, 2.75) is 19.6 Å². The summed E-state index contributed by atoms with van der Waals surface area (Å²) in [6.45, 7) is 2.09. The molecule has 2 heterocycles. The van der Waals surface area contributed by atoms with E-state index in [-0.39, 0.29) is 24.4 Å². The molecule has 1 aromatic carbocycles. The number of nitrogens with one attached hydrogen (secondary N) is 1. The van der Waals surface area contributed by atoms with Gasteiger partial charge in [-0.05, 0) is 48.5 Å². The van der Waals surface area contributed by atoms with Gasteiger partial charge in [0, 0.05) is 11.8 Å². The molecule has 0 bridgehead atoms. The average molecular weight is 356 g/mol. The SMILES string of the molecule is CC(CNC(=O)Cn1nnc(-c2ccc(F)cc2)n1)Oc1cccnc1. The van der Waals surface area contributed by atoms with Crippen LogP contribution in [-0.4, -0.2) is 43.7 Å². The second-order valence-corrected chi connectivity index (χ2v) is 5.57. The van der Waals surface area contributed by atoms with Gasteiger partial charge in [-0.2, -0.15) is 4.80 Å². The molecule has 0 aliphatic heterocycles. The minimum atomic E-state index is -0.344. The summed E-state index contributed by atoms with van der Waals surface area (Å²) in [5.41, 5.74) is 0.622. The molecular formula is C17H17FN6O2. The van der Waals surface area contributed by atoms with E-state index in [0.717, 1.165) is 0 Å². The van der Waals surface area contributed by atoms with Gasteiger partial charge in [0.15, 0.2) is 0 Å². The smallest absolute Gasteiger partial charge is 0.243 e. The van der Waals surface area contributed by atoms with Gasteiger partial charge in [-0.15, -0.1) is 10.2 Å². The van der Waals surface area contributed by atoms with Crippen molar-refractivity contribution in [2.75, 3.05) is 6.54 Å². The molecule has 0 aliphatic carbocycles. The Hall–Kier alpha value is -3.36. The van der Waals surface area contributed by atoms with Gasteiger partial charge in [0.25, 0.3) is 0 Å². The van der Waals surface area contributed by atoms with E-state index >= 15 is 0 Å². The van der Waals surface area contributed by atoms with E-state index in [1.165, 1.54) is 16.9 Å². The molecule has 0 aliphatic rings. The summed E-state index contributed by atoms with van der Waals surface area (Å²) in [4.78, 5) is 17.1. The second kappa shape index (κ2) is 8.15. The first-order chi connectivity index (χ1) is 12.6. The Morgan fingerprint density at radius 2 is 2.12 bits per heavy atom. The Morgan fingerprint density at radius 3 is 2.85 bits per heavy atom. The monoisotopic (exact) mass is 356 g/mol. The number of rotatable bonds is 7. The number of amides is 1. The zero-order valence-corrected chi connectivity index (χ0v) is 14.0. The van der Waals surface area contributed by atoms with Crippen LogP contribution in [0.25, 0.3) is 11.4 Å². The van der Waals surface area contributed by atoms with Crippen molar-refractivity contribution in [2.24, 2.45) is 0 Å². The lowest BCUT2D eigenvalue weighted by molar-refractivity contribution is -0.122. The third-order valence-corrected chi connectivity index (χ3v) is 3.40. The van der Waals surface area contributed by atoms with Gasteiger partial charge in [-0.1, -0.05) is 0 Å². The molecule has 1 atom stereocenters. The van der Waals surface area contributed by atoms with Crippen LogP contribution in [0.2, 0.25) is 0 Å². The number of halogens is 1. The molecule has 0 saturated carbocycles. The van der Waals surface area contributed by atoms with Crippen LogP contribution in [0, 0.1) is 5.82 Å². The van der Waals surface area contributed by atoms with E-state index in [9.17, 15) is 9.18 Å². The van der Waals surface area contributed by atoms with Gasteiger partial charge >= 0.3 is 0 Å². The number of carbonyl (C=O) groups is 1. The molecule has 3 aromatic rings. The number of tetrazole rings is 1. The van der Waals surface area contributed by atoms with Gasteiger partial charge in [0.1, 0.15) is 24.2 Å². The molecule has 1 unspecified atom stereocenters. The summed E-state index contributed by atoms with van der Waals surface area (Å²) < 4.78 is 18.6. The topological polar surface area (TPSA) is 94.8 Å². The Bertz CT molecular complexity index is 853.